The number of nitrogens with zero attached hydrogens (tertiary/aromatic N) is 2. The Kier molecular flexibility index (Phi) is 3.75. The number of urea groups is 1. The first-order valence-corrected chi connectivity index (χ1v) is 7.17. The number of nitrogens with two attached hydrogens (primary N) is 1. The van der Waals surface area contributed by atoms with Crippen molar-refractivity contribution in [3.8, 4) is 0 Å². The molecule has 2 heterocycles. The molecule has 1 aliphatic heterocycles. The molecular formula is C11H16BrN3OS. The molecule has 2 rings (SSSR count). The molecule has 2 atom stereocenters. The molecule has 2 amide bonds. The largest absolute Gasteiger partial charge is 0.326 e. The number of carbonyl (C=O) groups excluding carboxylic acids is 1. The number of amides is 2. The van der Waals surface area contributed by atoms with Crippen molar-refractivity contribution in [2.45, 2.75) is 19.0 Å². The molecule has 6 heteroatoms. The Labute approximate surface area is 114 Å². The van der Waals surface area contributed by atoms with Crippen molar-refractivity contribution in [2.75, 3.05) is 20.1 Å². The van der Waals surface area contributed by atoms with E-state index < -0.39 is 0 Å². The summed E-state index contributed by atoms with van der Waals surface area (Å²) in [7, 11) is 1.85. The standard InChI is InChI=1S/C11H16BrN3OS/c1-7(13)4-15-5-9(14(2)11(15)16)10-3-8(12)6-17-10/h3,6-7,9H,4-5,13H2,1-2H3. The molecule has 0 aromatic carbocycles. The second-order valence-electron chi connectivity index (χ2n) is 4.46. The fourth-order valence-electron chi connectivity index (χ4n) is 2.05. The Morgan fingerprint density at radius 3 is 2.94 bits per heavy atom. The highest BCUT2D eigenvalue weighted by Gasteiger charge is 2.36. The van der Waals surface area contributed by atoms with E-state index in [0.29, 0.717) is 6.54 Å². The van der Waals surface area contributed by atoms with E-state index >= 15 is 0 Å². The van der Waals surface area contributed by atoms with E-state index in [-0.39, 0.29) is 18.1 Å². The van der Waals surface area contributed by atoms with Gasteiger partial charge in [0.2, 0.25) is 0 Å². The first kappa shape index (κ1) is 12.9. The van der Waals surface area contributed by atoms with Crippen molar-refractivity contribution in [2.24, 2.45) is 5.73 Å². The lowest BCUT2D eigenvalue weighted by atomic mass is 10.2. The van der Waals surface area contributed by atoms with Crippen LogP contribution in [0.2, 0.25) is 0 Å². The summed E-state index contributed by atoms with van der Waals surface area (Å²) < 4.78 is 1.07. The van der Waals surface area contributed by atoms with Crippen molar-refractivity contribution in [1.82, 2.24) is 9.80 Å². The fourth-order valence-corrected chi connectivity index (χ4v) is 3.63. The monoisotopic (exact) mass is 317 g/mol. The summed E-state index contributed by atoms with van der Waals surface area (Å²) in [5.74, 6) is 0. The smallest absolute Gasteiger partial charge is 0.320 e. The number of carbonyl (C=O) groups is 1. The summed E-state index contributed by atoms with van der Waals surface area (Å²) in [4.78, 5) is 16.8. The molecule has 1 saturated heterocycles. The summed E-state index contributed by atoms with van der Waals surface area (Å²) in [6.45, 7) is 3.26. The van der Waals surface area contributed by atoms with Crippen molar-refractivity contribution < 1.29 is 4.79 Å². The summed E-state index contributed by atoms with van der Waals surface area (Å²) in [6.07, 6.45) is 0. The molecule has 1 aromatic rings. The van der Waals surface area contributed by atoms with Crippen molar-refractivity contribution in [1.29, 1.82) is 0 Å². The Morgan fingerprint density at radius 2 is 2.41 bits per heavy atom. The molecule has 94 valence electrons. The highest BCUT2D eigenvalue weighted by molar-refractivity contribution is 9.10. The van der Waals surface area contributed by atoms with Crippen molar-refractivity contribution >= 4 is 33.3 Å². The number of rotatable bonds is 3. The topological polar surface area (TPSA) is 49.6 Å². The molecule has 1 fully saturated rings. The number of halogens is 1. The minimum Gasteiger partial charge on any atom is -0.326 e. The lowest BCUT2D eigenvalue weighted by Crippen LogP contribution is -2.38. The van der Waals surface area contributed by atoms with E-state index in [1.807, 2.05) is 24.3 Å². The molecule has 0 bridgehead atoms. The van der Waals surface area contributed by atoms with Gasteiger partial charge in [-0.05, 0) is 28.9 Å². The summed E-state index contributed by atoms with van der Waals surface area (Å²) in [5.41, 5.74) is 5.75. The highest BCUT2D eigenvalue weighted by atomic mass is 79.9. The van der Waals surface area contributed by atoms with Crippen molar-refractivity contribution in [3.63, 3.8) is 0 Å². The predicted octanol–water partition coefficient (Wildman–Crippen LogP) is 2.27. The highest BCUT2D eigenvalue weighted by Crippen LogP contribution is 2.33. The maximum absolute atomic E-state index is 12.0. The van der Waals surface area contributed by atoms with E-state index in [0.717, 1.165) is 11.0 Å². The first-order valence-electron chi connectivity index (χ1n) is 5.50. The zero-order valence-electron chi connectivity index (χ0n) is 9.89. The van der Waals surface area contributed by atoms with Crippen LogP contribution in [0.5, 0.6) is 0 Å². The van der Waals surface area contributed by atoms with Crippen molar-refractivity contribution in [3.05, 3.63) is 20.8 Å². The number of likely N-dealkylation sites (N-methyl/N-ethyl adjacent to an activating group) is 1. The minimum absolute atomic E-state index is 0.0150. The van der Waals surface area contributed by atoms with Gasteiger partial charge in [0.05, 0.1) is 6.04 Å². The molecule has 4 nitrogen and oxygen atoms in total. The minimum atomic E-state index is 0.0150. The van der Waals surface area contributed by atoms with Gasteiger partial charge < -0.3 is 15.5 Å². The summed E-state index contributed by atoms with van der Waals surface area (Å²) in [6, 6.07) is 2.31. The number of hydrogen-bond acceptors (Lipinski definition) is 3. The average Bonchev–Trinajstić information content (AvgIpc) is 2.77. The molecule has 1 aromatic heterocycles. The second-order valence-corrected chi connectivity index (χ2v) is 6.32. The third-order valence-corrected chi connectivity index (χ3v) is 4.65. The molecule has 0 spiro atoms. The SMILES string of the molecule is CC(N)CN1CC(c2cc(Br)cs2)N(C)C1=O. The van der Waals surface area contributed by atoms with Crippen LogP contribution >= 0.6 is 27.3 Å². The molecule has 2 unspecified atom stereocenters. The van der Waals surface area contributed by atoms with Gasteiger partial charge >= 0.3 is 6.03 Å². The van der Waals surface area contributed by atoms with Crippen LogP contribution in [0, 0.1) is 0 Å². The molecule has 0 radical (unpaired) electrons. The van der Waals surface area contributed by atoms with E-state index in [4.69, 9.17) is 5.73 Å². The molecule has 1 aliphatic rings. The Morgan fingerprint density at radius 1 is 1.71 bits per heavy atom. The zero-order valence-corrected chi connectivity index (χ0v) is 12.3. The van der Waals surface area contributed by atoms with Crippen LogP contribution in [0.1, 0.15) is 17.8 Å². The van der Waals surface area contributed by atoms with Gasteiger partial charge in [0.1, 0.15) is 0 Å². The van der Waals surface area contributed by atoms with Crippen LogP contribution in [0.3, 0.4) is 0 Å². The van der Waals surface area contributed by atoms with Gasteiger partial charge in [0, 0.05) is 40.9 Å². The summed E-state index contributed by atoms with van der Waals surface area (Å²) in [5, 5.41) is 2.04. The molecular weight excluding hydrogens is 302 g/mol. The van der Waals surface area contributed by atoms with Gasteiger partial charge in [0.25, 0.3) is 0 Å². The predicted molar refractivity (Wildman–Crippen MR) is 73.1 cm³/mol. The van der Waals surface area contributed by atoms with Crippen LogP contribution < -0.4 is 5.73 Å². The Balaban J connectivity index is 2.14. The van der Waals surface area contributed by atoms with E-state index in [9.17, 15) is 4.79 Å². The fraction of sp³-hybridized carbons (Fsp3) is 0.545. The van der Waals surface area contributed by atoms with Crippen LogP contribution in [0.25, 0.3) is 0 Å². The lowest BCUT2D eigenvalue weighted by Gasteiger charge is -2.17. The maximum Gasteiger partial charge on any atom is 0.320 e. The maximum atomic E-state index is 12.0. The molecule has 0 aliphatic carbocycles. The lowest BCUT2D eigenvalue weighted by molar-refractivity contribution is 0.194. The number of thiophene rings is 1. The van der Waals surface area contributed by atoms with Crippen LogP contribution in [0.4, 0.5) is 4.79 Å². The van der Waals surface area contributed by atoms with Crippen LogP contribution in [-0.4, -0.2) is 42.0 Å². The quantitative estimate of drug-likeness (QED) is 0.929. The van der Waals surface area contributed by atoms with Crippen LogP contribution in [-0.2, 0) is 0 Å². The second kappa shape index (κ2) is 4.96. The molecule has 2 N–H and O–H groups in total. The van der Waals surface area contributed by atoms with Gasteiger partial charge in [-0.25, -0.2) is 4.79 Å². The molecule has 0 saturated carbocycles. The van der Waals surface area contributed by atoms with E-state index in [2.05, 4.69) is 22.0 Å². The van der Waals surface area contributed by atoms with Gasteiger partial charge in [-0.2, -0.15) is 0 Å². The zero-order chi connectivity index (χ0) is 12.6. The summed E-state index contributed by atoms with van der Waals surface area (Å²) >= 11 is 5.12. The Bertz CT molecular complexity index is 421. The van der Waals surface area contributed by atoms with Gasteiger partial charge in [-0.3, -0.25) is 0 Å². The van der Waals surface area contributed by atoms with E-state index in [1.54, 1.807) is 16.2 Å². The van der Waals surface area contributed by atoms with Gasteiger partial charge in [-0.15, -0.1) is 11.3 Å². The normalized spacial score (nSPS) is 22.4. The van der Waals surface area contributed by atoms with Gasteiger partial charge in [-0.1, -0.05) is 0 Å². The van der Waals surface area contributed by atoms with E-state index in [1.165, 1.54) is 4.88 Å². The average molecular weight is 318 g/mol. The third kappa shape index (κ3) is 2.64. The molecule has 17 heavy (non-hydrogen) atoms. The van der Waals surface area contributed by atoms with Crippen LogP contribution in [0.15, 0.2) is 15.9 Å². The van der Waals surface area contributed by atoms with Gasteiger partial charge in [0.15, 0.2) is 0 Å². The first-order chi connectivity index (χ1) is 7.99. The number of hydrogen-bond donors (Lipinski definition) is 1. The Hall–Kier alpha value is -0.590. The third-order valence-electron chi connectivity index (χ3n) is 2.86.